The second kappa shape index (κ2) is 6.02. The van der Waals surface area contributed by atoms with Gasteiger partial charge in [-0.1, -0.05) is 0 Å². The number of nitrogens with one attached hydrogen (secondary N) is 1. The van der Waals surface area contributed by atoms with Crippen LogP contribution in [0.2, 0.25) is 0 Å². The number of hydrogen-bond donors (Lipinski definition) is 1. The van der Waals surface area contributed by atoms with Crippen molar-refractivity contribution in [2.45, 2.75) is 13.0 Å². The highest BCUT2D eigenvalue weighted by molar-refractivity contribution is 5.94. The molecule has 1 fully saturated rings. The molecule has 2 heterocycles. The molecule has 1 N–H and O–H groups in total. The first-order valence-electron chi connectivity index (χ1n) is 5.78. The van der Waals surface area contributed by atoms with Crippen LogP contribution in [0.5, 0.6) is 0 Å². The zero-order chi connectivity index (χ0) is 12.4. The maximum Gasteiger partial charge on any atom is 0.254 e. The van der Waals surface area contributed by atoms with Gasteiger partial charge in [0.05, 0.1) is 0 Å². The molecule has 1 aromatic rings. The minimum atomic E-state index is -0.154. The van der Waals surface area contributed by atoms with Gasteiger partial charge in [-0.3, -0.25) is 9.59 Å². The number of rotatable bonds is 1. The van der Waals surface area contributed by atoms with Crippen molar-refractivity contribution in [2.75, 3.05) is 19.6 Å². The van der Waals surface area contributed by atoms with Crippen molar-refractivity contribution in [3.8, 4) is 0 Å². The van der Waals surface area contributed by atoms with Crippen LogP contribution in [0.4, 0.5) is 0 Å². The van der Waals surface area contributed by atoms with Gasteiger partial charge >= 0.3 is 0 Å². The predicted molar refractivity (Wildman–Crippen MR) is 72.3 cm³/mol. The molecule has 1 saturated heterocycles. The third kappa shape index (κ3) is 2.91. The maximum absolute atomic E-state index is 12.2. The Bertz CT molecular complexity index is 486. The van der Waals surface area contributed by atoms with Crippen molar-refractivity contribution in [1.29, 1.82) is 0 Å². The van der Waals surface area contributed by atoms with Gasteiger partial charge in [0.25, 0.3) is 11.5 Å². The van der Waals surface area contributed by atoms with Gasteiger partial charge in [0.1, 0.15) is 0 Å². The molecule has 100 valence electrons. The highest BCUT2D eigenvalue weighted by Crippen LogP contribution is 2.08. The van der Waals surface area contributed by atoms with Crippen LogP contribution in [0.3, 0.4) is 0 Å². The maximum atomic E-state index is 12.2. The van der Waals surface area contributed by atoms with E-state index in [9.17, 15) is 9.59 Å². The quantitative estimate of drug-likeness (QED) is 0.796. The van der Waals surface area contributed by atoms with Crippen molar-refractivity contribution in [2.24, 2.45) is 7.05 Å². The van der Waals surface area contributed by atoms with E-state index in [0.29, 0.717) is 12.1 Å². The summed E-state index contributed by atoms with van der Waals surface area (Å²) >= 11 is 0. The van der Waals surface area contributed by atoms with E-state index in [-0.39, 0.29) is 29.9 Å². The van der Waals surface area contributed by atoms with E-state index < -0.39 is 0 Å². The van der Waals surface area contributed by atoms with Gasteiger partial charge in [-0.15, -0.1) is 12.4 Å². The molecule has 0 unspecified atom stereocenters. The number of halogens is 1. The second-order valence-electron chi connectivity index (χ2n) is 4.42. The normalized spacial score (nSPS) is 19.2. The zero-order valence-electron chi connectivity index (χ0n) is 10.5. The summed E-state index contributed by atoms with van der Waals surface area (Å²) in [5, 5.41) is 3.23. The Morgan fingerprint density at radius 3 is 2.83 bits per heavy atom. The molecule has 1 amide bonds. The van der Waals surface area contributed by atoms with Gasteiger partial charge in [0.2, 0.25) is 0 Å². The fraction of sp³-hybridized carbons (Fsp3) is 0.500. The molecule has 0 bridgehead atoms. The van der Waals surface area contributed by atoms with Gasteiger partial charge in [0, 0.05) is 50.6 Å². The van der Waals surface area contributed by atoms with E-state index in [4.69, 9.17) is 0 Å². The van der Waals surface area contributed by atoms with E-state index >= 15 is 0 Å². The number of carbonyl (C=O) groups is 1. The number of piperazine rings is 1. The van der Waals surface area contributed by atoms with Crippen LogP contribution in [-0.4, -0.2) is 41.1 Å². The van der Waals surface area contributed by atoms with Crippen LogP contribution in [0.25, 0.3) is 0 Å². The Morgan fingerprint density at radius 1 is 1.50 bits per heavy atom. The summed E-state index contributed by atoms with van der Waals surface area (Å²) in [7, 11) is 1.67. The minimum absolute atomic E-state index is 0. The molecule has 0 saturated carbocycles. The number of amides is 1. The van der Waals surface area contributed by atoms with Crippen molar-refractivity contribution in [3.05, 3.63) is 34.2 Å². The van der Waals surface area contributed by atoms with Crippen molar-refractivity contribution < 1.29 is 4.79 Å². The summed E-state index contributed by atoms with van der Waals surface area (Å²) in [5.41, 5.74) is 0.320. The van der Waals surface area contributed by atoms with E-state index in [0.717, 1.165) is 13.1 Å². The average Bonchev–Trinajstić information content (AvgIpc) is 2.32. The van der Waals surface area contributed by atoms with Gasteiger partial charge < -0.3 is 14.8 Å². The summed E-state index contributed by atoms with van der Waals surface area (Å²) in [6.07, 6.45) is 1.63. The first-order chi connectivity index (χ1) is 8.09. The molecule has 2 rings (SSSR count). The molecule has 5 nitrogen and oxygen atoms in total. The smallest absolute Gasteiger partial charge is 0.254 e. The summed E-state index contributed by atoms with van der Waals surface area (Å²) in [6, 6.07) is 3.26. The van der Waals surface area contributed by atoms with Crippen LogP contribution in [0.1, 0.15) is 17.3 Å². The second-order valence-corrected chi connectivity index (χ2v) is 4.42. The molecular weight excluding hydrogens is 254 g/mol. The molecule has 1 aromatic heterocycles. The third-order valence-corrected chi connectivity index (χ3v) is 3.11. The first-order valence-corrected chi connectivity index (χ1v) is 5.78. The summed E-state index contributed by atoms with van der Waals surface area (Å²) in [6.45, 7) is 4.30. The number of aromatic nitrogens is 1. The Balaban J connectivity index is 0.00000162. The van der Waals surface area contributed by atoms with Crippen LogP contribution >= 0.6 is 12.4 Å². The zero-order valence-corrected chi connectivity index (χ0v) is 11.4. The van der Waals surface area contributed by atoms with E-state index in [1.807, 2.05) is 11.8 Å². The predicted octanol–water partition coefficient (Wildman–Crippen LogP) is 0.241. The number of nitrogens with zero attached hydrogens (tertiary/aromatic N) is 2. The summed E-state index contributed by atoms with van der Waals surface area (Å²) < 4.78 is 1.46. The Kier molecular flexibility index (Phi) is 4.93. The lowest BCUT2D eigenvalue weighted by Crippen LogP contribution is -2.52. The monoisotopic (exact) mass is 271 g/mol. The van der Waals surface area contributed by atoms with Crippen LogP contribution < -0.4 is 10.9 Å². The Morgan fingerprint density at radius 2 is 2.22 bits per heavy atom. The molecule has 1 aliphatic heterocycles. The van der Waals surface area contributed by atoms with E-state index in [1.54, 1.807) is 19.3 Å². The summed E-state index contributed by atoms with van der Waals surface area (Å²) in [5.74, 6) is -0.0586. The highest BCUT2D eigenvalue weighted by atomic mass is 35.5. The SMILES string of the molecule is C[C@H]1CNCCN1C(=O)c1ccn(C)c(=O)c1.Cl. The molecule has 0 radical (unpaired) electrons. The molecule has 0 spiro atoms. The fourth-order valence-corrected chi connectivity index (χ4v) is 1.99. The molecule has 6 heteroatoms. The molecule has 18 heavy (non-hydrogen) atoms. The van der Waals surface area contributed by atoms with Gasteiger partial charge in [-0.05, 0) is 13.0 Å². The minimum Gasteiger partial charge on any atom is -0.333 e. The van der Waals surface area contributed by atoms with E-state index in [2.05, 4.69) is 5.32 Å². The topological polar surface area (TPSA) is 54.3 Å². The number of pyridine rings is 1. The lowest BCUT2D eigenvalue weighted by atomic mass is 10.1. The Labute approximate surface area is 112 Å². The fourth-order valence-electron chi connectivity index (χ4n) is 1.99. The largest absolute Gasteiger partial charge is 0.333 e. The standard InChI is InChI=1S/C12H17N3O2.ClH/c1-9-8-13-4-6-15(9)12(17)10-3-5-14(2)11(16)7-10;/h3,5,7,9,13H,4,6,8H2,1-2H3;1H/t9-;/m0./s1. The van der Waals surface area contributed by atoms with E-state index in [1.165, 1.54) is 10.6 Å². The number of hydrogen-bond acceptors (Lipinski definition) is 3. The van der Waals surface area contributed by atoms with Crippen LogP contribution in [0, 0.1) is 0 Å². The molecule has 0 aromatic carbocycles. The highest BCUT2D eigenvalue weighted by Gasteiger charge is 2.24. The average molecular weight is 272 g/mol. The van der Waals surface area contributed by atoms with Gasteiger partial charge in [-0.25, -0.2) is 0 Å². The lowest BCUT2D eigenvalue weighted by Gasteiger charge is -2.34. The Hall–Kier alpha value is -1.33. The van der Waals surface area contributed by atoms with Gasteiger partial charge in [0.15, 0.2) is 0 Å². The molecule has 0 aliphatic carbocycles. The van der Waals surface area contributed by atoms with Crippen molar-refractivity contribution >= 4 is 18.3 Å². The first kappa shape index (κ1) is 14.7. The van der Waals surface area contributed by atoms with Crippen LogP contribution in [-0.2, 0) is 7.05 Å². The lowest BCUT2D eigenvalue weighted by molar-refractivity contribution is 0.0655. The van der Waals surface area contributed by atoms with Crippen LogP contribution in [0.15, 0.2) is 23.1 Å². The molecule has 1 atom stereocenters. The third-order valence-electron chi connectivity index (χ3n) is 3.11. The molecular formula is C12H18ClN3O2. The summed E-state index contributed by atoms with van der Waals surface area (Å²) in [4.78, 5) is 25.5. The van der Waals surface area contributed by atoms with Gasteiger partial charge in [-0.2, -0.15) is 0 Å². The van der Waals surface area contributed by atoms with Crippen molar-refractivity contribution in [3.63, 3.8) is 0 Å². The number of aryl methyl sites for hydroxylation is 1. The van der Waals surface area contributed by atoms with Crippen molar-refractivity contribution in [1.82, 2.24) is 14.8 Å². The number of carbonyl (C=O) groups excluding carboxylic acids is 1. The molecule has 1 aliphatic rings.